The minimum absolute atomic E-state index is 0.129. The van der Waals surface area contributed by atoms with E-state index in [9.17, 15) is 4.79 Å². The van der Waals surface area contributed by atoms with Gasteiger partial charge in [0.05, 0.1) is 12.2 Å². The number of ether oxygens (including phenoxy) is 1. The van der Waals surface area contributed by atoms with Crippen molar-refractivity contribution < 1.29 is 9.53 Å². The number of hydrogen-bond donors (Lipinski definition) is 0. The minimum Gasteiger partial charge on any atom is -0.462 e. The number of hydrogen-bond acceptors (Lipinski definition) is 2. The molecule has 0 radical (unpaired) electrons. The third-order valence-electron chi connectivity index (χ3n) is 2.06. The lowest BCUT2D eigenvalue weighted by atomic mass is 10.0. The van der Waals surface area contributed by atoms with Gasteiger partial charge in [0.1, 0.15) is 0 Å². The van der Waals surface area contributed by atoms with Gasteiger partial charge in [0.25, 0.3) is 0 Å². The number of carbonyl (C=O) groups excluding carboxylic acids is 1. The highest BCUT2D eigenvalue weighted by atomic mass is 79.9. The molecule has 82 valence electrons. The third kappa shape index (κ3) is 3.34. The molecular weight excluding hydrogens is 256 g/mol. The van der Waals surface area contributed by atoms with Gasteiger partial charge >= 0.3 is 5.97 Å². The number of esters is 1. The molecule has 1 aromatic rings. The standard InChI is InChI=1S/C12H15BrO2/c1-4-15-11(14)9-6-5-7-10(8-9)12(2,3)13/h5-8H,4H2,1-3H3. The zero-order valence-electron chi connectivity index (χ0n) is 9.21. The molecule has 0 unspecified atom stereocenters. The highest BCUT2D eigenvalue weighted by Gasteiger charge is 2.17. The van der Waals surface area contributed by atoms with Crippen LogP contribution in [0.1, 0.15) is 36.7 Å². The summed E-state index contributed by atoms with van der Waals surface area (Å²) in [7, 11) is 0. The van der Waals surface area contributed by atoms with Crippen LogP contribution in [0.2, 0.25) is 0 Å². The zero-order valence-corrected chi connectivity index (χ0v) is 10.8. The van der Waals surface area contributed by atoms with Crippen LogP contribution in [-0.4, -0.2) is 12.6 Å². The Morgan fingerprint density at radius 1 is 1.47 bits per heavy atom. The largest absolute Gasteiger partial charge is 0.462 e. The van der Waals surface area contributed by atoms with Crippen molar-refractivity contribution in [3.63, 3.8) is 0 Å². The van der Waals surface area contributed by atoms with Crippen molar-refractivity contribution in [2.45, 2.75) is 25.1 Å². The Morgan fingerprint density at radius 2 is 2.13 bits per heavy atom. The van der Waals surface area contributed by atoms with Gasteiger partial charge in [0.2, 0.25) is 0 Å². The molecule has 2 nitrogen and oxygen atoms in total. The Morgan fingerprint density at radius 3 is 2.67 bits per heavy atom. The summed E-state index contributed by atoms with van der Waals surface area (Å²) in [4.78, 5) is 11.5. The molecule has 0 aliphatic rings. The van der Waals surface area contributed by atoms with Crippen molar-refractivity contribution in [1.82, 2.24) is 0 Å². The van der Waals surface area contributed by atoms with Crippen molar-refractivity contribution in [3.05, 3.63) is 35.4 Å². The molecule has 0 aliphatic heterocycles. The lowest BCUT2D eigenvalue weighted by Gasteiger charge is -2.17. The summed E-state index contributed by atoms with van der Waals surface area (Å²) in [5, 5.41) is 0. The van der Waals surface area contributed by atoms with Gasteiger partial charge in [-0.05, 0) is 38.5 Å². The van der Waals surface area contributed by atoms with Gasteiger partial charge in [-0.15, -0.1) is 0 Å². The Balaban J connectivity index is 2.98. The molecular formula is C12H15BrO2. The number of rotatable bonds is 3. The van der Waals surface area contributed by atoms with E-state index in [1.54, 1.807) is 13.0 Å². The maximum atomic E-state index is 11.5. The fourth-order valence-electron chi connectivity index (χ4n) is 1.23. The second-order valence-corrected chi connectivity index (χ2v) is 5.76. The molecule has 3 heteroatoms. The van der Waals surface area contributed by atoms with E-state index in [-0.39, 0.29) is 10.3 Å². The molecule has 1 aromatic carbocycles. The molecule has 0 spiro atoms. The molecule has 15 heavy (non-hydrogen) atoms. The first-order chi connectivity index (χ1) is 6.95. The van der Waals surface area contributed by atoms with E-state index in [0.29, 0.717) is 12.2 Å². The average Bonchev–Trinajstić information content (AvgIpc) is 2.17. The van der Waals surface area contributed by atoms with Gasteiger partial charge in [-0.3, -0.25) is 0 Å². The first kappa shape index (κ1) is 12.2. The summed E-state index contributed by atoms with van der Waals surface area (Å²) in [6, 6.07) is 7.47. The Labute approximate surface area is 98.8 Å². The molecule has 0 aromatic heterocycles. The third-order valence-corrected chi connectivity index (χ3v) is 2.52. The van der Waals surface area contributed by atoms with Gasteiger partial charge in [-0.2, -0.15) is 0 Å². The smallest absolute Gasteiger partial charge is 0.338 e. The topological polar surface area (TPSA) is 26.3 Å². The minimum atomic E-state index is -0.267. The molecule has 0 amide bonds. The zero-order chi connectivity index (χ0) is 11.5. The van der Waals surface area contributed by atoms with E-state index >= 15 is 0 Å². The quantitative estimate of drug-likeness (QED) is 0.621. The monoisotopic (exact) mass is 270 g/mol. The maximum Gasteiger partial charge on any atom is 0.338 e. The predicted molar refractivity (Wildman–Crippen MR) is 64.4 cm³/mol. The number of halogens is 1. The molecule has 0 N–H and O–H groups in total. The number of benzene rings is 1. The molecule has 0 aliphatic carbocycles. The van der Waals surface area contributed by atoms with Crippen molar-refractivity contribution in [1.29, 1.82) is 0 Å². The molecule has 0 fully saturated rings. The summed E-state index contributed by atoms with van der Waals surface area (Å²) < 4.78 is 4.81. The fourth-order valence-corrected chi connectivity index (χ4v) is 1.48. The predicted octanol–water partition coefficient (Wildman–Crippen LogP) is 3.49. The Hall–Kier alpha value is -0.830. The molecule has 0 saturated carbocycles. The van der Waals surface area contributed by atoms with Crippen LogP contribution in [0.15, 0.2) is 24.3 Å². The van der Waals surface area contributed by atoms with Crippen molar-refractivity contribution in [3.8, 4) is 0 Å². The Bertz CT molecular complexity index is 353. The highest BCUT2D eigenvalue weighted by Crippen LogP contribution is 2.30. The van der Waals surface area contributed by atoms with Crippen LogP contribution in [0.5, 0.6) is 0 Å². The van der Waals surface area contributed by atoms with Crippen LogP contribution in [0.4, 0.5) is 0 Å². The van der Waals surface area contributed by atoms with Gasteiger partial charge in [-0.1, -0.05) is 28.1 Å². The van der Waals surface area contributed by atoms with E-state index in [0.717, 1.165) is 5.56 Å². The lowest BCUT2D eigenvalue weighted by Crippen LogP contribution is -2.10. The summed E-state index contributed by atoms with van der Waals surface area (Å²) in [5.41, 5.74) is 1.66. The second kappa shape index (κ2) is 4.79. The van der Waals surface area contributed by atoms with Gasteiger partial charge < -0.3 is 4.74 Å². The molecule has 0 heterocycles. The normalized spacial score (nSPS) is 11.2. The molecule has 1 rings (SSSR count). The van der Waals surface area contributed by atoms with Crippen LogP contribution >= 0.6 is 15.9 Å². The molecule has 0 bridgehead atoms. The van der Waals surface area contributed by atoms with Crippen molar-refractivity contribution in [2.24, 2.45) is 0 Å². The van der Waals surface area contributed by atoms with Crippen LogP contribution in [0.3, 0.4) is 0 Å². The van der Waals surface area contributed by atoms with Gasteiger partial charge in [0.15, 0.2) is 0 Å². The fraction of sp³-hybridized carbons (Fsp3) is 0.417. The van der Waals surface area contributed by atoms with E-state index in [2.05, 4.69) is 15.9 Å². The van der Waals surface area contributed by atoms with Crippen LogP contribution < -0.4 is 0 Å². The summed E-state index contributed by atoms with van der Waals surface area (Å²) >= 11 is 3.56. The molecule has 0 atom stereocenters. The van der Waals surface area contributed by atoms with Crippen LogP contribution in [0, 0.1) is 0 Å². The maximum absolute atomic E-state index is 11.5. The lowest BCUT2D eigenvalue weighted by molar-refractivity contribution is 0.0526. The van der Waals surface area contributed by atoms with Crippen LogP contribution in [0.25, 0.3) is 0 Å². The van der Waals surface area contributed by atoms with Gasteiger partial charge in [-0.25, -0.2) is 4.79 Å². The molecule has 0 saturated heterocycles. The SMILES string of the molecule is CCOC(=O)c1cccc(C(C)(C)Br)c1. The Kier molecular flexibility index (Phi) is 3.91. The average molecular weight is 271 g/mol. The van der Waals surface area contributed by atoms with Crippen LogP contribution in [-0.2, 0) is 9.06 Å². The van der Waals surface area contributed by atoms with E-state index in [1.807, 2.05) is 32.0 Å². The van der Waals surface area contributed by atoms with E-state index in [1.165, 1.54) is 0 Å². The number of alkyl halides is 1. The first-order valence-corrected chi connectivity index (χ1v) is 5.71. The second-order valence-electron chi connectivity index (χ2n) is 3.77. The van der Waals surface area contributed by atoms with Gasteiger partial charge in [0, 0.05) is 4.32 Å². The van der Waals surface area contributed by atoms with E-state index in [4.69, 9.17) is 4.74 Å². The highest BCUT2D eigenvalue weighted by molar-refractivity contribution is 9.09. The van der Waals surface area contributed by atoms with E-state index < -0.39 is 0 Å². The number of carbonyl (C=O) groups is 1. The summed E-state index contributed by atoms with van der Waals surface area (Å²) in [6.45, 7) is 6.28. The summed E-state index contributed by atoms with van der Waals surface area (Å²) in [6.07, 6.45) is 0. The first-order valence-electron chi connectivity index (χ1n) is 4.91. The van der Waals surface area contributed by atoms with Crippen molar-refractivity contribution >= 4 is 21.9 Å². The van der Waals surface area contributed by atoms with Crippen molar-refractivity contribution in [2.75, 3.05) is 6.61 Å². The summed E-state index contributed by atoms with van der Waals surface area (Å²) in [5.74, 6) is -0.267.